The number of rotatable bonds is 4. The summed E-state index contributed by atoms with van der Waals surface area (Å²) in [4.78, 5) is 28.9. The van der Waals surface area contributed by atoms with Gasteiger partial charge in [-0.15, -0.1) is 0 Å². The summed E-state index contributed by atoms with van der Waals surface area (Å²) in [5.41, 5.74) is 2.69. The molecule has 26 heavy (non-hydrogen) atoms. The number of imidazole rings is 1. The lowest BCUT2D eigenvalue weighted by atomic mass is 10.2. The van der Waals surface area contributed by atoms with E-state index in [0.29, 0.717) is 23.9 Å². The topological polar surface area (TPSA) is 76.6 Å². The fraction of sp³-hybridized carbons (Fsp3) is 0.150. The van der Waals surface area contributed by atoms with Crippen LogP contribution in [0.25, 0.3) is 16.6 Å². The van der Waals surface area contributed by atoms with Gasteiger partial charge in [0, 0.05) is 30.2 Å². The van der Waals surface area contributed by atoms with Crippen molar-refractivity contribution in [2.45, 2.75) is 13.3 Å². The molecule has 4 rings (SSSR count). The molecule has 0 aliphatic carbocycles. The summed E-state index contributed by atoms with van der Waals surface area (Å²) in [6.45, 7) is 2.40. The standard InChI is InChI=1S/C20H17N3O3/c1-13-5-4-8-18-22-15(12-23(13)18)9-10-21-19(24)16-11-14-6-2-3-7-17(14)26-20(16)25/h2-8,11-12H,9-10H2,1H3,(H,21,24). The van der Waals surface area contributed by atoms with Gasteiger partial charge in [0.25, 0.3) is 5.91 Å². The van der Waals surface area contributed by atoms with Gasteiger partial charge in [0.05, 0.1) is 5.69 Å². The first-order chi connectivity index (χ1) is 12.6. The van der Waals surface area contributed by atoms with Gasteiger partial charge in [0.15, 0.2) is 0 Å². The lowest BCUT2D eigenvalue weighted by Crippen LogP contribution is -2.29. The molecule has 1 amide bonds. The number of benzene rings is 1. The van der Waals surface area contributed by atoms with Crippen molar-refractivity contribution < 1.29 is 9.21 Å². The third-order valence-electron chi connectivity index (χ3n) is 4.30. The first kappa shape index (κ1) is 16.1. The van der Waals surface area contributed by atoms with Crippen LogP contribution in [0.2, 0.25) is 0 Å². The van der Waals surface area contributed by atoms with Gasteiger partial charge < -0.3 is 14.1 Å². The summed E-state index contributed by atoms with van der Waals surface area (Å²) in [7, 11) is 0. The summed E-state index contributed by atoms with van der Waals surface area (Å²) in [5.74, 6) is -0.440. The Morgan fingerprint density at radius 1 is 1.19 bits per heavy atom. The van der Waals surface area contributed by atoms with Gasteiger partial charge in [-0.1, -0.05) is 24.3 Å². The summed E-state index contributed by atoms with van der Waals surface area (Å²) in [5, 5.41) is 3.48. The molecule has 0 radical (unpaired) electrons. The molecule has 0 spiro atoms. The second kappa shape index (κ2) is 6.48. The molecule has 3 aromatic heterocycles. The van der Waals surface area contributed by atoms with Crippen LogP contribution in [-0.2, 0) is 6.42 Å². The van der Waals surface area contributed by atoms with Crippen LogP contribution in [0.5, 0.6) is 0 Å². The van der Waals surface area contributed by atoms with Gasteiger partial charge in [-0.25, -0.2) is 9.78 Å². The largest absolute Gasteiger partial charge is 0.422 e. The number of para-hydroxylation sites is 1. The lowest BCUT2D eigenvalue weighted by Gasteiger charge is -2.04. The summed E-state index contributed by atoms with van der Waals surface area (Å²) in [6.07, 6.45) is 2.53. The molecule has 0 fully saturated rings. The maximum atomic E-state index is 12.3. The van der Waals surface area contributed by atoms with Crippen molar-refractivity contribution in [1.29, 1.82) is 0 Å². The van der Waals surface area contributed by atoms with E-state index in [-0.39, 0.29) is 5.56 Å². The Bertz CT molecular complexity index is 1170. The SMILES string of the molecule is Cc1cccc2nc(CCNC(=O)c3cc4ccccc4oc3=O)cn12. The number of fused-ring (bicyclic) bond motifs is 2. The molecule has 0 atom stereocenters. The molecular formula is C20H17N3O3. The molecule has 0 bridgehead atoms. The van der Waals surface area contributed by atoms with Gasteiger partial charge in [0.2, 0.25) is 0 Å². The molecule has 0 saturated carbocycles. The lowest BCUT2D eigenvalue weighted by molar-refractivity contribution is 0.0950. The van der Waals surface area contributed by atoms with E-state index in [1.165, 1.54) is 0 Å². The second-order valence-electron chi connectivity index (χ2n) is 6.12. The zero-order valence-corrected chi connectivity index (χ0v) is 14.2. The predicted molar refractivity (Wildman–Crippen MR) is 98.5 cm³/mol. The van der Waals surface area contributed by atoms with Crippen LogP contribution in [0.4, 0.5) is 0 Å². The van der Waals surface area contributed by atoms with Crippen molar-refractivity contribution in [3.8, 4) is 0 Å². The first-order valence-corrected chi connectivity index (χ1v) is 8.36. The van der Waals surface area contributed by atoms with Crippen molar-refractivity contribution >= 4 is 22.5 Å². The summed E-state index contributed by atoms with van der Waals surface area (Å²) < 4.78 is 7.21. The summed E-state index contributed by atoms with van der Waals surface area (Å²) in [6, 6.07) is 14.6. The normalized spacial score (nSPS) is 11.1. The van der Waals surface area contributed by atoms with E-state index in [1.807, 2.05) is 41.8 Å². The van der Waals surface area contributed by atoms with E-state index < -0.39 is 11.5 Å². The van der Waals surface area contributed by atoms with Crippen molar-refractivity contribution in [1.82, 2.24) is 14.7 Å². The van der Waals surface area contributed by atoms with E-state index in [4.69, 9.17) is 4.42 Å². The van der Waals surface area contributed by atoms with Crippen molar-refractivity contribution in [2.75, 3.05) is 6.54 Å². The molecule has 0 unspecified atom stereocenters. The van der Waals surface area contributed by atoms with Gasteiger partial charge in [-0.2, -0.15) is 0 Å². The number of pyridine rings is 1. The molecule has 4 aromatic rings. The van der Waals surface area contributed by atoms with E-state index in [9.17, 15) is 9.59 Å². The third-order valence-corrected chi connectivity index (χ3v) is 4.30. The quantitative estimate of drug-likeness (QED) is 0.576. The van der Waals surface area contributed by atoms with Gasteiger partial charge >= 0.3 is 5.63 Å². The van der Waals surface area contributed by atoms with E-state index in [1.54, 1.807) is 24.3 Å². The fourth-order valence-corrected chi connectivity index (χ4v) is 2.94. The minimum absolute atomic E-state index is 0.00884. The van der Waals surface area contributed by atoms with E-state index in [2.05, 4.69) is 10.3 Å². The smallest absolute Gasteiger partial charge is 0.349 e. The van der Waals surface area contributed by atoms with Crippen molar-refractivity contribution in [3.63, 3.8) is 0 Å². The Balaban J connectivity index is 1.47. The molecule has 0 aliphatic rings. The van der Waals surface area contributed by atoms with E-state index in [0.717, 1.165) is 17.0 Å². The minimum Gasteiger partial charge on any atom is -0.422 e. The van der Waals surface area contributed by atoms with Crippen molar-refractivity contribution in [3.05, 3.63) is 82.1 Å². The molecule has 3 heterocycles. The number of nitrogens with one attached hydrogen (secondary N) is 1. The van der Waals surface area contributed by atoms with Crippen LogP contribution in [0.1, 0.15) is 21.7 Å². The number of aryl methyl sites for hydroxylation is 1. The fourth-order valence-electron chi connectivity index (χ4n) is 2.94. The Morgan fingerprint density at radius 3 is 2.88 bits per heavy atom. The van der Waals surface area contributed by atoms with Crippen LogP contribution in [-0.4, -0.2) is 21.8 Å². The number of hydrogen-bond donors (Lipinski definition) is 1. The van der Waals surface area contributed by atoms with Crippen LogP contribution < -0.4 is 10.9 Å². The van der Waals surface area contributed by atoms with Crippen LogP contribution in [0, 0.1) is 6.92 Å². The highest BCUT2D eigenvalue weighted by molar-refractivity contribution is 5.96. The number of hydrogen-bond acceptors (Lipinski definition) is 4. The molecular weight excluding hydrogens is 330 g/mol. The number of carbonyl (C=O) groups is 1. The van der Waals surface area contributed by atoms with Crippen molar-refractivity contribution in [2.24, 2.45) is 0 Å². The van der Waals surface area contributed by atoms with Gasteiger partial charge in [-0.3, -0.25) is 4.79 Å². The highest BCUT2D eigenvalue weighted by Crippen LogP contribution is 2.12. The highest BCUT2D eigenvalue weighted by atomic mass is 16.4. The van der Waals surface area contributed by atoms with Gasteiger partial charge in [-0.05, 0) is 31.2 Å². The third kappa shape index (κ3) is 2.97. The monoisotopic (exact) mass is 347 g/mol. The zero-order chi connectivity index (χ0) is 18.1. The maximum absolute atomic E-state index is 12.3. The second-order valence-corrected chi connectivity index (χ2v) is 6.12. The zero-order valence-electron chi connectivity index (χ0n) is 14.2. The van der Waals surface area contributed by atoms with E-state index >= 15 is 0 Å². The first-order valence-electron chi connectivity index (χ1n) is 8.36. The predicted octanol–water partition coefficient (Wildman–Crippen LogP) is 2.72. The van der Waals surface area contributed by atoms with Crippen LogP contribution in [0.3, 0.4) is 0 Å². The molecule has 1 aromatic carbocycles. The number of nitrogens with zero attached hydrogens (tertiary/aromatic N) is 2. The average Bonchev–Trinajstić information content (AvgIpc) is 3.05. The Kier molecular flexibility index (Phi) is 4.01. The molecule has 6 heteroatoms. The number of amides is 1. The average molecular weight is 347 g/mol. The molecule has 1 N–H and O–H groups in total. The molecule has 0 saturated heterocycles. The van der Waals surface area contributed by atoms with Crippen LogP contribution in [0.15, 0.2) is 63.9 Å². The van der Waals surface area contributed by atoms with Crippen LogP contribution >= 0.6 is 0 Å². The number of aromatic nitrogens is 2. The molecule has 0 aliphatic heterocycles. The molecule has 130 valence electrons. The Labute approximate surface area is 149 Å². The highest BCUT2D eigenvalue weighted by Gasteiger charge is 2.13. The van der Waals surface area contributed by atoms with Gasteiger partial charge in [0.1, 0.15) is 16.8 Å². The maximum Gasteiger partial charge on any atom is 0.349 e. The Morgan fingerprint density at radius 2 is 2.04 bits per heavy atom. The molecule has 6 nitrogen and oxygen atoms in total. The minimum atomic E-state index is -0.635. The summed E-state index contributed by atoms with van der Waals surface area (Å²) >= 11 is 0. The number of carbonyl (C=O) groups excluding carboxylic acids is 1. The Hall–Kier alpha value is -3.41.